The Balaban J connectivity index is 1.65. The van der Waals surface area contributed by atoms with Gasteiger partial charge >= 0.3 is 0 Å². The summed E-state index contributed by atoms with van der Waals surface area (Å²) in [5.74, 6) is 0.939. The highest BCUT2D eigenvalue weighted by atomic mass is 16.5. The summed E-state index contributed by atoms with van der Waals surface area (Å²) in [4.78, 5) is 22.2. The SMILES string of the molecule is Cc1ccn(C(=O)c2ccc(-c3nc(C)no3)cc2)c(=NC2CCCCC2)c1. The summed E-state index contributed by atoms with van der Waals surface area (Å²) in [6.07, 6.45) is 7.72. The van der Waals surface area contributed by atoms with E-state index in [2.05, 4.69) is 10.1 Å². The molecule has 0 radical (unpaired) electrons. The molecular weight excluding hydrogens is 352 g/mol. The molecule has 28 heavy (non-hydrogen) atoms. The van der Waals surface area contributed by atoms with Gasteiger partial charge in [-0.05, 0) is 68.7 Å². The van der Waals surface area contributed by atoms with Crippen molar-refractivity contribution in [3.63, 3.8) is 0 Å². The molecule has 0 bridgehead atoms. The van der Waals surface area contributed by atoms with Crippen molar-refractivity contribution >= 4 is 5.91 Å². The average Bonchev–Trinajstić information content (AvgIpc) is 3.15. The van der Waals surface area contributed by atoms with Crippen molar-refractivity contribution in [3.05, 3.63) is 65.0 Å². The van der Waals surface area contributed by atoms with Gasteiger partial charge in [-0.2, -0.15) is 4.98 Å². The van der Waals surface area contributed by atoms with E-state index in [1.54, 1.807) is 23.6 Å². The van der Waals surface area contributed by atoms with E-state index in [0.717, 1.165) is 29.5 Å². The molecule has 2 aromatic heterocycles. The van der Waals surface area contributed by atoms with Crippen LogP contribution in [0, 0.1) is 13.8 Å². The number of benzene rings is 1. The van der Waals surface area contributed by atoms with Crippen molar-refractivity contribution in [2.24, 2.45) is 4.99 Å². The van der Waals surface area contributed by atoms with Crippen molar-refractivity contribution in [3.8, 4) is 11.5 Å². The minimum atomic E-state index is -0.0946. The lowest BCUT2D eigenvalue weighted by molar-refractivity contribution is 0.0954. The Bertz CT molecular complexity index is 1040. The number of hydrogen-bond donors (Lipinski definition) is 0. The molecule has 0 N–H and O–H groups in total. The highest BCUT2D eigenvalue weighted by Crippen LogP contribution is 2.20. The zero-order valence-electron chi connectivity index (χ0n) is 16.3. The summed E-state index contributed by atoms with van der Waals surface area (Å²) in [5.41, 5.74) is 3.21. The first-order valence-corrected chi connectivity index (χ1v) is 9.79. The van der Waals surface area contributed by atoms with Crippen LogP contribution in [0.1, 0.15) is 53.8 Å². The molecule has 1 aliphatic rings. The van der Waals surface area contributed by atoms with Gasteiger partial charge in [0, 0.05) is 17.3 Å². The molecule has 0 saturated heterocycles. The van der Waals surface area contributed by atoms with Crippen LogP contribution < -0.4 is 5.49 Å². The molecular formula is C22H24N4O2. The summed E-state index contributed by atoms with van der Waals surface area (Å²) in [6.45, 7) is 3.80. The van der Waals surface area contributed by atoms with E-state index in [9.17, 15) is 4.79 Å². The van der Waals surface area contributed by atoms with E-state index in [-0.39, 0.29) is 5.91 Å². The summed E-state index contributed by atoms with van der Waals surface area (Å²) in [7, 11) is 0. The van der Waals surface area contributed by atoms with Crippen LogP contribution in [0.3, 0.4) is 0 Å². The number of nitrogens with zero attached hydrogens (tertiary/aromatic N) is 4. The molecule has 1 saturated carbocycles. The van der Waals surface area contributed by atoms with Crippen LogP contribution in [0.2, 0.25) is 0 Å². The second-order valence-corrected chi connectivity index (χ2v) is 7.38. The normalized spacial score (nSPS) is 15.7. The molecule has 1 fully saturated rings. The minimum Gasteiger partial charge on any atom is -0.334 e. The zero-order valence-corrected chi connectivity index (χ0v) is 16.3. The number of aromatic nitrogens is 3. The van der Waals surface area contributed by atoms with E-state index < -0.39 is 0 Å². The van der Waals surface area contributed by atoms with Crippen molar-refractivity contribution < 1.29 is 9.32 Å². The quantitative estimate of drug-likeness (QED) is 0.690. The molecule has 0 atom stereocenters. The largest absolute Gasteiger partial charge is 0.334 e. The topological polar surface area (TPSA) is 73.3 Å². The van der Waals surface area contributed by atoms with Crippen molar-refractivity contribution in [2.45, 2.75) is 52.0 Å². The van der Waals surface area contributed by atoms with Gasteiger partial charge in [0.15, 0.2) is 5.82 Å². The second-order valence-electron chi connectivity index (χ2n) is 7.38. The molecule has 3 aromatic rings. The van der Waals surface area contributed by atoms with Gasteiger partial charge in [-0.1, -0.05) is 24.4 Å². The summed E-state index contributed by atoms with van der Waals surface area (Å²) < 4.78 is 6.83. The highest BCUT2D eigenvalue weighted by molar-refractivity contribution is 5.96. The molecule has 4 rings (SSSR count). The molecule has 6 nitrogen and oxygen atoms in total. The second kappa shape index (κ2) is 7.92. The molecule has 0 spiro atoms. The van der Waals surface area contributed by atoms with Gasteiger partial charge in [-0.25, -0.2) is 0 Å². The number of aryl methyl sites for hydroxylation is 2. The van der Waals surface area contributed by atoms with Crippen molar-refractivity contribution in [1.82, 2.24) is 14.7 Å². The lowest BCUT2D eigenvalue weighted by atomic mass is 9.96. The van der Waals surface area contributed by atoms with Gasteiger partial charge in [-0.15, -0.1) is 0 Å². The molecule has 144 valence electrons. The Morgan fingerprint density at radius 1 is 1.11 bits per heavy atom. The zero-order chi connectivity index (χ0) is 19.5. The minimum absolute atomic E-state index is 0.0946. The first-order valence-electron chi connectivity index (χ1n) is 9.79. The predicted molar refractivity (Wildman–Crippen MR) is 106 cm³/mol. The lowest BCUT2D eigenvalue weighted by Crippen LogP contribution is -2.29. The van der Waals surface area contributed by atoms with Gasteiger partial charge in [0.2, 0.25) is 0 Å². The first-order chi connectivity index (χ1) is 13.6. The standard InChI is InChI=1S/C22H24N4O2/c1-15-12-13-26(20(14-15)24-19-6-4-3-5-7-19)22(27)18-10-8-17(9-11-18)21-23-16(2)25-28-21/h8-14,19H,3-7H2,1-2H3. The third kappa shape index (κ3) is 3.96. The van der Waals surface area contributed by atoms with Crippen LogP contribution in [0.4, 0.5) is 0 Å². The molecule has 1 aliphatic carbocycles. The number of rotatable bonds is 3. The van der Waals surface area contributed by atoms with Crippen LogP contribution in [-0.4, -0.2) is 26.7 Å². The van der Waals surface area contributed by atoms with Crippen molar-refractivity contribution in [2.75, 3.05) is 0 Å². The number of pyridine rings is 1. The molecule has 2 heterocycles. The molecule has 6 heteroatoms. The molecule has 0 amide bonds. The molecule has 1 aromatic carbocycles. The third-order valence-corrected chi connectivity index (χ3v) is 5.10. The summed E-state index contributed by atoms with van der Waals surface area (Å²) >= 11 is 0. The third-order valence-electron chi connectivity index (χ3n) is 5.10. The van der Waals surface area contributed by atoms with E-state index in [4.69, 9.17) is 9.52 Å². The number of carbonyl (C=O) groups is 1. The van der Waals surface area contributed by atoms with E-state index in [1.165, 1.54) is 19.3 Å². The van der Waals surface area contributed by atoms with Gasteiger partial charge in [0.05, 0.1) is 6.04 Å². The van der Waals surface area contributed by atoms with Crippen LogP contribution in [0.5, 0.6) is 0 Å². The average molecular weight is 376 g/mol. The van der Waals surface area contributed by atoms with Gasteiger partial charge in [0.1, 0.15) is 5.49 Å². The van der Waals surface area contributed by atoms with Crippen LogP contribution in [0.15, 0.2) is 52.1 Å². The smallest absolute Gasteiger partial charge is 0.263 e. The fourth-order valence-electron chi connectivity index (χ4n) is 3.57. The highest BCUT2D eigenvalue weighted by Gasteiger charge is 2.15. The van der Waals surface area contributed by atoms with E-state index in [1.807, 2.05) is 37.4 Å². The van der Waals surface area contributed by atoms with Crippen LogP contribution in [0.25, 0.3) is 11.5 Å². The number of hydrogen-bond acceptors (Lipinski definition) is 5. The Labute approximate surface area is 163 Å². The monoisotopic (exact) mass is 376 g/mol. The van der Waals surface area contributed by atoms with E-state index in [0.29, 0.717) is 23.3 Å². The lowest BCUT2D eigenvalue weighted by Gasteiger charge is -2.18. The Hall–Kier alpha value is -3.02. The Kier molecular flexibility index (Phi) is 5.19. The van der Waals surface area contributed by atoms with Gasteiger partial charge < -0.3 is 4.52 Å². The maximum atomic E-state index is 13.1. The fourth-order valence-corrected chi connectivity index (χ4v) is 3.57. The maximum absolute atomic E-state index is 13.1. The first kappa shape index (κ1) is 18.3. The van der Waals surface area contributed by atoms with Gasteiger partial charge in [0.25, 0.3) is 11.8 Å². The Morgan fingerprint density at radius 3 is 2.54 bits per heavy atom. The fraction of sp³-hybridized carbons (Fsp3) is 0.364. The predicted octanol–water partition coefficient (Wildman–Crippen LogP) is 4.08. The number of carbonyl (C=O) groups excluding carboxylic acids is 1. The molecule has 0 unspecified atom stereocenters. The maximum Gasteiger partial charge on any atom is 0.263 e. The van der Waals surface area contributed by atoms with Gasteiger partial charge in [-0.3, -0.25) is 14.4 Å². The Morgan fingerprint density at radius 2 is 1.86 bits per heavy atom. The summed E-state index contributed by atoms with van der Waals surface area (Å²) in [6, 6.07) is 11.5. The van der Waals surface area contributed by atoms with Crippen LogP contribution in [-0.2, 0) is 0 Å². The molecule has 0 aliphatic heterocycles. The van der Waals surface area contributed by atoms with E-state index >= 15 is 0 Å². The summed E-state index contributed by atoms with van der Waals surface area (Å²) in [5, 5.41) is 3.80. The van der Waals surface area contributed by atoms with Crippen molar-refractivity contribution in [1.29, 1.82) is 0 Å². The van der Waals surface area contributed by atoms with Crippen LogP contribution >= 0.6 is 0 Å².